The summed E-state index contributed by atoms with van der Waals surface area (Å²) in [6, 6.07) is 4.40. The van der Waals surface area contributed by atoms with E-state index in [-0.39, 0.29) is 36.5 Å². The lowest BCUT2D eigenvalue weighted by molar-refractivity contribution is -0.172. The second kappa shape index (κ2) is 8.00. The molecule has 2 aliphatic carbocycles. The van der Waals surface area contributed by atoms with E-state index in [0.29, 0.717) is 30.9 Å². The fourth-order valence-corrected chi connectivity index (χ4v) is 5.69. The highest BCUT2D eigenvalue weighted by Gasteiger charge is 2.60. The van der Waals surface area contributed by atoms with Gasteiger partial charge >= 0.3 is 0 Å². The molecule has 1 saturated heterocycles. The number of carbonyl (C=O) groups excluding carboxylic acids is 1. The molecule has 2 fully saturated rings. The Balaban J connectivity index is 1.72. The summed E-state index contributed by atoms with van der Waals surface area (Å²) in [5, 5.41) is 11.3. The van der Waals surface area contributed by atoms with Crippen molar-refractivity contribution in [3.63, 3.8) is 0 Å². The molecule has 0 amide bonds. The number of ether oxygens (including phenoxy) is 2. The Morgan fingerprint density at radius 2 is 1.68 bits per heavy atom. The van der Waals surface area contributed by atoms with E-state index < -0.39 is 11.4 Å². The van der Waals surface area contributed by atoms with Gasteiger partial charge in [-0.1, -0.05) is 39.8 Å². The van der Waals surface area contributed by atoms with Crippen LogP contribution in [0.4, 0.5) is 0 Å². The van der Waals surface area contributed by atoms with Crippen molar-refractivity contribution >= 4 is 11.4 Å². The number of aryl methyl sites for hydroxylation is 2. The molecule has 1 aromatic rings. The molecule has 0 bridgehead atoms. The van der Waals surface area contributed by atoms with Crippen molar-refractivity contribution in [2.45, 2.75) is 70.7 Å². The van der Waals surface area contributed by atoms with E-state index in [9.17, 15) is 9.90 Å². The van der Waals surface area contributed by atoms with Gasteiger partial charge in [-0.05, 0) is 53.9 Å². The number of benzene rings is 1. The maximum atomic E-state index is 13.6. The molecule has 1 saturated carbocycles. The van der Waals surface area contributed by atoms with E-state index >= 15 is 0 Å². The zero-order chi connectivity index (χ0) is 22.6. The van der Waals surface area contributed by atoms with Crippen molar-refractivity contribution in [2.24, 2.45) is 23.3 Å². The highest BCUT2D eigenvalue weighted by Crippen LogP contribution is 2.55. The van der Waals surface area contributed by atoms with Crippen molar-refractivity contribution in [3.8, 4) is 0 Å². The van der Waals surface area contributed by atoms with Crippen molar-refractivity contribution < 1.29 is 19.4 Å². The first-order chi connectivity index (χ1) is 14.7. The number of Topliss-reactive ketones (excluding diaryl/α,β-unsaturated/α-hetero) is 1. The number of aliphatic hydroxyl groups excluding tert-OH is 1. The Hall–Kier alpha value is -1.73. The maximum Gasteiger partial charge on any atom is 0.193 e. The van der Waals surface area contributed by atoms with Crippen LogP contribution in [0.5, 0.6) is 0 Å². The summed E-state index contributed by atoms with van der Waals surface area (Å²) in [5.74, 6) is -0.851. The van der Waals surface area contributed by atoms with Crippen LogP contribution in [0.1, 0.15) is 68.7 Å². The highest BCUT2D eigenvalue weighted by molar-refractivity contribution is 6.25. The number of nitrogens with two attached hydrogens (primary N) is 2. The summed E-state index contributed by atoms with van der Waals surface area (Å²) < 4.78 is 12.1. The van der Waals surface area contributed by atoms with Gasteiger partial charge in [-0.3, -0.25) is 4.79 Å². The van der Waals surface area contributed by atoms with Gasteiger partial charge in [0.2, 0.25) is 0 Å². The standard InChI is InChI=1S/C25H36N2O4/c1-5-15-7-17(14(3)4)8-16(6-2)20(15)21-22(28)18-9-24(10-19(18)23(21)29)13-30-25(11-26,12-27)31-24/h7-8,14,18-19,28H,5-6,9-13,26-27H2,1-4H3. The Labute approximate surface area is 185 Å². The topological polar surface area (TPSA) is 108 Å². The van der Waals surface area contributed by atoms with E-state index in [4.69, 9.17) is 20.9 Å². The lowest BCUT2D eigenvalue weighted by Gasteiger charge is -2.29. The van der Waals surface area contributed by atoms with Crippen LogP contribution < -0.4 is 11.5 Å². The molecule has 1 aliphatic heterocycles. The van der Waals surface area contributed by atoms with Crippen LogP contribution in [0.2, 0.25) is 0 Å². The number of aliphatic hydroxyl groups is 1. The molecule has 1 aromatic carbocycles. The molecule has 1 spiro atoms. The van der Waals surface area contributed by atoms with Gasteiger partial charge in [0.1, 0.15) is 5.76 Å². The normalized spacial score (nSPS) is 29.6. The minimum Gasteiger partial charge on any atom is -0.511 e. The Morgan fingerprint density at radius 1 is 1.10 bits per heavy atom. The fourth-order valence-electron chi connectivity index (χ4n) is 5.69. The van der Waals surface area contributed by atoms with Crippen LogP contribution >= 0.6 is 0 Å². The van der Waals surface area contributed by atoms with Crippen LogP contribution in [0.15, 0.2) is 17.9 Å². The Bertz CT molecular complexity index is 893. The van der Waals surface area contributed by atoms with Gasteiger partial charge in [0.15, 0.2) is 11.6 Å². The molecule has 4 rings (SSSR count). The third-order valence-corrected chi connectivity index (χ3v) is 7.49. The minimum atomic E-state index is -0.985. The number of hydrogen-bond acceptors (Lipinski definition) is 6. The third-order valence-electron chi connectivity index (χ3n) is 7.49. The van der Waals surface area contributed by atoms with Crippen LogP contribution in [-0.4, -0.2) is 42.0 Å². The second-order valence-electron chi connectivity index (χ2n) is 9.71. The first-order valence-electron chi connectivity index (χ1n) is 11.6. The molecule has 6 nitrogen and oxygen atoms in total. The zero-order valence-corrected chi connectivity index (χ0v) is 19.2. The summed E-state index contributed by atoms with van der Waals surface area (Å²) in [6.07, 6.45) is 2.71. The molecule has 0 aromatic heterocycles. The average molecular weight is 429 g/mol. The van der Waals surface area contributed by atoms with Gasteiger partial charge < -0.3 is 26.0 Å². The molecule has 1 heterocycles. The van der Waals surface area contributed by atoms with Gasteiger partial charge in [0.25, 0.3) is 0 Å². The molecule has 3 aliphatic rings. The summed E-state index contributed by atoms with van der Waals surface area (Å²) in [5.41, 5.74) is 16.1. The van der Waals surface area contributed by atoms with Gasteiger partial charge in [-0.2, -0.15) is 0 Å². The SMILES string of the molecule is CCc1cc(C(C)C)cc(CC)c1C1=C(O)C2CC3(COC(CN)(CN)O3)CC2C1=O. The van der Waals surface area contributed by atoms with E-state index in [1.54, 1.807) is 0 Å². The molecule has 31 heavy (non-hydrogen) atoms. The molecule has 6 heteroatoms. The average Bonchev–Trinajstić information content (AvgIpc) is 3.40. The van der Waals surface area contributed by atoms with E-state index in [2.05, 4.69) is 39.8 Å². The maximum absolute atomic E-state index is 13.6. The minimum absolute atomic E-state index is 0.0302. The van der Waals surface area contributed by atoms with Gasteiger partial charge in [0.05, 0.1) is 17.8 Å². The van der Waals surface area contributed by atoms with Crippen LogP contribution in [0, 0.1) is 11.8 Å². The Kier molecular flexibility index (Phi) is 5.80. The Morgan fingerprint density at radius 3 is 2.13 bits per heavy atom. The van der Waals surface area contributed by atoms with Crippen molar-refractivity contribution in [1.29, 1.82) is 0 Å². The number of allylic oxidation sites excluding steroid dienone is 2. The molecule has 5 N–H and O–H groups in total. The van der Waals surface area contributed by atoms with Crippen molar-refractivity contribution in [2.75, 3.05) is 19.7 Å². The predicted octanol–water partition coefficient (Wildman–Crippen LogP) is 3.21. The summed E-state index contributed by atoms with van der Waals surface area (Å²) in [4.78, 5) is 13.6. The van der Waals surface area contributed by atoms with Crippen LogP contribution in [0.3, 0.4) is 0 Å². The molecular formula is C25H36N2O4. The van der Waals surface area contributed by atoms with Gasteiger partial charge in [-0.15, -0.1) is 0 Å². The molecular weight excluding hydrogens is 392 g/mol. The number of rotatable bonds is 6. The van der Waals surface area contributed by atoms with E-state index in [1.165, 1.54) is 5.56 Å². The van der Waals surface area contributed by atoms with E-state index in [1.807, 2.05) is 0 Å². The smallest absolute Gasteiger partial charge is 0.193 e. The monoisotopic (exact) mass is 428 g/mol. The number of carbonyl (C=O) groups is 1. The third kappa shape index (κ3) is 3.44. The van der Waals surface area contributed by atoms with Crippen molar-refractivity contribution in [3.05, 3.63) is 40.1 Å². The molecule has 3 unspecified atom stereocenters. The summed E-state index contributed by atoms with van der Waals surface area (Å²) in [7, 11) is 0. The predicted molar refractivity (Wildman–Crippen MR) is 121 cm³/mol. The fraction of sp³-hybridized carbons (Fsp3) is 0.640. The van der Waals surface area contributed by atoms with Crippen molar-refractivity contribution in [1.82, 2.24) is 0 Å². The second-order valence-corrected chi connectivity index (χ2v) is 9.71. The van der Waals surface area contributed by atoms with Crippen LogP contribution in [0.25, 0.3) is 5.57 Å². The first kappa shape index (κ1) is 22.5. The lowest BCUT2D eigenvalue weighted by atomic mass is 9.85. The van der Waals surface area contributed by atoms with Gasteiger partial charge in [0, 0.05) is 24.9 Å². The molecule has 170 valence electrons. The zero-order valence-electron chi connectivity index (χ0n) is 19.2. The number of ketones is 1. The number of hydrogen-bond donors (Lipinski definition) is 3. The molecule has 0 radical (unpaired) electrons. The van der Waals surface area contributed by atoms with Gasteiger partial charge in [-0.25, -0.2) is 0 Å². The summed E-state index contributed by atoms with van der Waals surface area (Å²) in [6.45, 7) is 9.28. The number of fused-ring (bicyclic) bond motifs is 1. The largest absolute Gasteiger partial charge is 0.511 e. The highest BCUT2D eigenvalue weighted by atomic mass is 16.8. The quantitative estimate of drug-likeness (QED) is 0.642. The first-order valence-corrected chi connectivity index (χ1v) is 11.6. The van der Waals surface area contributed by atoms with Crippen LogP contribution in [-0.2, 0) is 27.1 Å². The molecule has 3 atom stereocenters. The lowest BCUT2D eigenvalue weighted by Crippen LogP contribution is -2.47. The summed E-state index contributed by atoms with van der Waals surface area (Å²) >= 11 is 0. The van der Waals surface area contributed by atoms with E-state index in [0.717, 1.165) is 29.5 Å².